The molecular weight excluding hydrogens is 306 g/mol. The van der Waals surface area contributed by atoms with Gasteiger partial charge in [0.25, 0.3) is 0 Å². The molecule has 0 saturated carbocycles. The summed E-state index contributed by atoms with van der Waals surface area (Å²) in [6.45, 7) is 2.14. The van der Waals surface area contributed by atoms with Crippen LogP contribution in [0.2, 0.25) is 0 Å². The molecule has 0 aromatic heterocycles. The summed E-state index contributed by atoms with van der Waals surface area (Å²) in [5.74, 6) is -0.236. The van der Waals surface area contributed by atoms with Crippen LogP contribution in [0.1, 0.15) is 18.1 Å². The molecule has 0 fully saturated rings. The van der Waals surface area contributed by atoms with Gasteiger partial charge in [0.15, 0.2) is 0 Å². The fourth-order valence-corrected chi connectivity index (χ4v) is 2.16. The highest BCUT2D eigenvalue weighted by molar-refractivity contribution is 5.89. The van der Waals surface area contributed by atoms with Gasteiger partial charge in [-0.3, -0.25) is 10.3 Å². The number of carbonyl (C=O) groups is 1. The number of ether oxygens (including phenoxy) is 1. The third-order valence-electron chi connectivity index (χ3n) is 3.51. The van der Waals surface area contributed by atoms with Crippen LogP contribution in [0.4, 0.5) is 0 Å². The van der Waals surface area contributed by atoms with Crippen molar-refractivity contribution in [2.45, 2.75) is 20.0 Å². The van der Waals surface area contributed by atoms with E-state index in [2.05, 4.69) is 5.48 Å². The Morgan fingerprint density at radius 2 is 1.71 bits per heavy atom. The third-order valence-corrected chi connectivity index (χ3v) is 3.51. The Morgan fingerprint density at radius 1 is 1.04 bits per heavy atom. The molecule has 0 unspecified atom stereocenters. The summed E-state index contributed by atoms with van der Waals surface area (Å²) in [5, 5.41) is 9.34. The molecular formula is C19H21NO4. The topological polar surface area (TPSA) is 67.8 Å². The van der Waals surface area contributed by atoms with Crippen LogP contribution < -0.4 is 5.48 Å². The van der Waals surface area contributed by atoms with Gasteiger partial charge in [0, 0.05) is 12.1 Å². The van der Waals surface area contributed by atoms with E-state index in [9.17, 15) is 9.90 Å². The minimum atomic E-state index is -0.420. The first-order valence-corrected chi connectivity index (χ1v) is 7.58. The second kappa shape index (κ2) is 8.74. The first kappa shape index (κ1) is 17.6. The van der Waals surface area contributed by atoms with Crippen molar-refractivity contribution in [3.05, 3.63) is 77.0 Å². The Labute approximate surface area is 141 Å². The van der Waals surface area contributed by atoms with Gasteiger partial charge in [0.2, 0.25) is 0 Å². The van der Waals surface area contributed by atoms with Crippen LogP contribution in [0, 0.1) is 0 Å². The molecule has 0 amide bonds. The number of methoxy groups -OCH3 is 1. The number of phenolic OH excluding ortho intramolecular Hbond substituents is 1. The summed E-state index contributed by atoms with van der Waals surface area (Å²) < 4.78 is 4.85. The zero-order valence-electron chi connectivity index (χ0n) is 13.8. The lowest BCUT2D eigenvalue weighted by molar-refractivity contribution is -0.136. The van der Waals surface area contributed by atoms with Crippen molar-refractivity contribution < 1.29 is 19.5 Å². The second-order valence-corrected chi connectivity index (χ2v) is 5.31. The molecule has 5 nitrogen and oxygen atoms in total. The SMILES string of the molecule is COC(=O)C(Cc1ccc(O)cc1)=C(C)NOCc1ccccc1. The molecule has 0 radical (unpaired) electrons. The van der Waals surface area contributed by atoms with Crippen molar-refractivity contribution in [3.8, 4) is 5.75 Å². The Hall–Kier alpha value is -2.79. The number of nitrogens with one attached hydrogen (secondary N) is 1. The monoisotopic (exact) mass is 327 g/mol. The van der Waals surface area contributed by atoms with Crippen LogP contribution in [-0.4, -0.2) is 18.2 Å². The molecule has 0 aliphatic carbocycles. The number of hydrogen-bond acceptors (Lipinski definition) is 5. The Kier molecular flexibility index (Phi) is 6.40. The lowest BCUT2D eigenvalue weighted by Gasteiger charge is -2.13. The lowest BCUT2D eigenvalue weighted by Crippen LogP contribution is -2.19. The van der Waals surface area contributed by atoms with E-state index < -0.39 is 5.97 Å². The number of carbonyl (C=O) groups excluding carboxylic acids is 1. The molecule has 0 aliphatic heterocycles. The van der Waals surface area contributed by atoms with Crippen molar-refractivity contribution in [1.82, 2.24) is 5.48 Å². The van der Waals surface area contributed by atoms with Gasteiger partial charge in [-0.1, -0.05) is 42.5 Å². The number of aromatic hydroxyl groups is 1. The molecule has 0 atom stereocenters. The summed E-state index contributed by atoms with van der Waals surface area (Å²) in [5.41, 5.74) is 5.78. The van der Waals surface area contributed by atoms with E-state index in [1.165, 1.54) is 7.11 Å². The Balaban J connectivity index is 2.05. The van der Waals surface area contributed by atoms with Gasteiger partial charge in [0.05, 0.1) is 19.3 Å². The van der Waals surface area contributed by atoms with E-state index in [1.54, 1.807) is 31.2 Å². The molecule has 126 valence electrons. The van der Waals surface area contributed by atoms with Crippen LogP contribution in [0.5, 0.6) is 5.75 Å². The van der Waals surface area contributed by atoms with Crippen LogP contribution in [-0.2, 0) is 27.4 Å². The van der Waals surface area contributed by atoms with Crippen LogP contribution in [0.15, 0.2) is 65.9 Å². The molecule has 5 heteroatoms. The molecule has 0 bridgehead atoms. The first-order chi connectivity index (χ1) is 11.6. The predicted molar refractivity (Wildman–Crippen MR) is 90.9 cm³/mol. The third kappa shape index (κ3) is 5.14. The minimum Gasteiger partial charge on any atom is -0.508 e. The molecule has 0 heterocycles. The van der Waals surface area contributed by atoms with E-state index in [0.29, 0.717) is 24.3 Å². The number of hydroxylamine groups is 1. The zero-order chi connectivity index (χ0) is 17.4. The minimum absolute atomic E-state index is 0.184. The molecule has 2 rings (SSSR count). The molecule has 2 N–H and O–H groups in total. The maximum absolute atomic E-state index is 12.0. The van der Waals surface area contributed by atoms with Gasteiger partial charge in [-0.2, -0.15) is 0 Å². The molecule has 24 heavy (non-hydrogen) atoms. The molecule has 0 aliphatic rings. The average molecular weight is 327 g/mol. The van der Waals surface area contributed by atoms with E-state index in [-0.39, 0.29) is 5.75 Å². The highest BCUT2D eigenvalue weighted by Crippen LogP contribution is 2.16. The van der Waals surface area contributed by atoms with Crippen LogP contribution in [0.25, 0.3) is 0 Å². The van der Waals surface area contributed by atoms with Gasteiger partial charge < -0.3 is 9.84 Å². The summed E-state index contributed by atoms with van der Waals surface area (Å²) >= 11 is 0. The molecule has 2 aromatic carbocycles. The van der Waals surface area contributed by atoms with E-state index in [0.717, 1.165) is 11.1 Å². The standard InChI is InChI=1S/C19H21NO4/c1-14(20-24-13-16-6-4-3-5-7-16)18(19(22)23-2)12-15-8-10-17(21)11-9-15/h3-11,20-21H,12-13H2,1-2H3. The average Bonchev–Trinajstić information content (AvgIpc) is 2.61. The zero-order valence-corrected chi connectivity index (χ0v) is 13.8. The van der Waals surface area contributed by atoms with E-state index in [4.69, 9.17) is 9.57 Å². The Bertz CT molecular complexity index is 693. The first-order valence-electron chi connectivity index (χ1n) is 7.58. The maximum Gasteiger partial charge on any atom is 0.335 e. The molecule has 2 aromatic rings. The number of esters is 1. The van der Waals surface area contributed by atoms with Gasteiger partial charge in [-0.05, 0) is 30.2 Å². The van der Waals surface area contributed by atoms with Crippen molar-refractivity contribution in [1.29, 1.82) is 0 Å². The van der Waals surface area contributed by atoms with Crippen molar-refractivity contribution >= 4 is 5.97 Å². The van der Waals surface area contributed by atoms with Crippen molar-refractivity contribution in [2.75, 3.05) is 7.11 Å². The molecule has 0 spiro atoms. The number of phenols is 1. The largest absolute Gasteiger partial charge is 0.508 e. The second-order valence-electron chi connectivity index (χ2n) is 5.31. The smallest absolute Gasteiger partial charge is 0.335 e. The van der Waals surface area contributed by atoms with E-state index in [1.807, 2.05) is 30.3 Å². The number of rotatable bonds is 7. The highest BCUT2D eigenvalue weighted by atomic mass is 16.6. The van der Waals surface area contributed by atoms with Gasteiger partial charge in [0.1, 0.15) is 5.75 Å². The highest BCUT2D eigenvalue weighted by Gasteiger charge is 2.14. The summed E-state index contributed by atoms with van der Waals surface area (Å²) in [6, 6.07) is 16.4. The number of allylic oxidation sites excluding steroid dienone is 1. The number of benzene rings is 2. The predicted octanol–water partition coefficient (Wildman–Crippen LogP) is 3.10. The summed E-state index contributed by atoms with van der Waals surface area (Å²) in [6.07, 6.45) is 0.375. The van der Waals surface area contributed by atoms with Crippen LogP contribution >= 0.6 is 0 Å². The van der Waals surface area contributed by atoms with Gasteiger partial charge in [-0.15, -0.1) is 0 Å². The van der Waals surface area contributed by atoms with Crippen molar-refractivity contribution in [2.24, 2.45) is 0 Å². The van der Waals surface area contributed by atoms with Crippen molar-refractivity contribution in [3.63, 3.8) is 0 Å². The molecule has 0 saturated heterocycles. The fraction of sp³-hybridized carbons (Fsp3) is 0.211. The summed E-state index contributed by atoms with van der Waals surface area (Å²) in [7, 11) is 1.34. The van der Waals surface area contributed by atoms with E-state index >= 15 is 0 Å². The number of hydrogen-bond donors (Lipinski definition) is 2. The lowest BCUT2D eigenvalue weighted by atomic mass is 10.0. The van der Waals surface area contributed by atoms with Crippen LogP contribution in [0.3, 0.4) is 0 Å². The quantitative estimate of drug-likeness (QED) is 0.465. The Morgan fingerprint density at radius 3 is 2.33 bits per heavy atom. The normalized spacial score (nSPS) is 11.6. The fourth-order valence-electron chi connectivity index (χ4n) is 2.16. The van der Waals surface area contributed by atoms with Gasteiger partial charge in [-0.25, -0.2) is 4.79 Å². The summed E-state index contributed by atoms with van der Waals surface area (Å²) in [4.78, 5) is 17.5. The maximum atomic E-state index is 12.0. The van der Waals surface area contributed by atoms with Gasteiger partial charge >= 0.3 is 5.97 Å².